The maximum Gasteiger partial charge on any atom is 0.331 e. The number of fused-ring (bicyclic) bond motifs is 1. The van der Waals surface area contributed by atoms with Crippen molar-refractivity contribution in [2.24, 2.45) is 0 Å². The van der Waals surface area contributed by atoms with Gasteiger partial charge in [-0.2, -0.15) is 5.26 Å². The standard InChI is InChI=1S/C18H17N3O4/c1-12(22)13-5-2-3-7-16(13)25-10-9-21-17(23)14(11-19)15-6-4-8-20(15)18(21)24/h2-3,5,7H,4,6,8-10H2,1H3. The highest BCUT2D eigenvalue weighted by atomic mass is 16.5. The van der Waals surface area contributed by atoms with Crippen molar-refractivity contribution in [3.63, 3.8) is 0 Å². The van der Waals surface area contributed by atoms with Crippen LogP contribution in [-0.2, 0) is 19.5 Å². The highest BCUT2D eigenvalue weighted by Gasteiger charge is 2.22. The number of ether oxygens (including phenoxy) is 1. The van der Waals surface area contributed by atoms with E-state index < -0.39 is 11.2 Å². The SMILES string of the molecule is CC(=O)c1ccccc1OCCn1c(=O)c(C#N)c2n(c1=O)CCC2. The van der Waals surface area contributed by atoms with Gasteiger partial charge in [0.2, 0.25) is 0 Å². The number of carbonyl (C=O) groups excluding carboxylic acids is 1. The van der Waals surface area contributed by atoms with E-state index in [1.165, 1.54) is 11.5 Å². The first kappa shape index (κ1) is 16.7. The van der Waals surface area contributed by atoms with E-state index in [9.17, 15) is 19.6 Å². The molecule has 0 aliphatic carbocycles. The number of nitrogens with zero attached hydrogens (tertiary/aromatic N) is 3. The van der Waals surface area contributed by atoms with E-state index in [0.29, 0.717) is 30.0 Å². The number of rotatable bonds is 5. The van der Waals surface area contributed by atoms with Gasteiger partial charge >= 0.3 is 5.69 Å². The number of benzene rings is 1. The van der Waals surface area contributed by atoms with Crippen LogP contribution < -0.4 is 16.0 Å². The summed E-state index contributed by atoms with van der Waals surface area (Å²) in [6, 6.07) is 8.71. The van der Waals surface area contributed by atoms with E-state index in [-0.39, 0.29) is 24.5 Å². The number of Topliss-reactive ketones (excluding diaryl/α,β-unsaturated/α-hetero) is 1. The zero-order valence-corrected chi connectivity index (χ0v) is 13.8. The lowest BCUT2D eigenvalue weighted by molar-refractivity contribution is 0.101. The smallest absolute Gasteiger partial charge is 0.331 e. The fraction of sp³-hybridized carbons (Fsp3) is 0.333. The van der Waals surface area contributed by atoms with Gasteiger partial charge in [-0.25, -0.2) is 4.79 Å². The van der Waals surface area contributed by atoms with Crippen LogP contribution >= 0.6 is 0 Å². The van der Waals surface area contributed by atoms with E-state index in [0.717, 1.165) is 11.0 Å². The predicted octanol–water partition coefficient (Wildman–Crippen LogP) is 1.11. The summed E-state index contributed by atoms with van der Waals surface area (Å²) in [4.78, 5) is 36.5. The largest absolute Gasteiger partial charge is 0.491 e. The van der Waals surface area contributed by atoms with Crippen LogP contribution in [0.5, 0.6) is 5.75 Å². The van der Waals surface area contributed by atoms with Crippen molar-refractivity contribution in [2.45, 2.75) is 32.9 Å². The topological polar surface area (TPSA) is 94.1 Å². The molecular weight excluding hydrogens is 322 g/mol. The fourth-order valence-electron chi connectivity index (χ4n) is 3.08. The lowest BCUT2D eigenvalue weighted by Crippen LogP contribution is -2.42. The Bertz CT molecular complexity index is 995. The van der Waals surface area contributed by atoms with Crippen LogP contribution in [0.4, 0.5) is 0 Å². The number of nitriles is 1. The Morgan fingerprint density at radius 3 is 2.80 bits per heavy atom. The Kier molecular flexibility index (Phi) is 4.52. The lowest BCUT2D eigenvalue weighted by atomic mass is 10.1. The summed E-state index contributed by atoms with van der Waals surface area (Å²) in [6.07, 6.45) is 1.31. The zero-order valence-electron chi connectivity index (χ0n) is 13.8. The number of carbonyl (C=O) groups is 1. The Morgan fingerprint density at radius 2 is 2.08 bits per heavy atom. The third-order valence-electron chi connectivity index (χ3n) is 4.28. The molecule has 3 rings (SSSR count). The van der Waals surface area contributed by atoms with Crippen LogP contribution in [0.3, 0.4) is 0 Å². The van der Waals surface area contributed by atoms with Gasteiger partial charge in [-0.05, 0) is 31.9 Å². The van der Waals surface area contributed by atoms with E-state index in [1.807, 2.05) is 6.07 Å². The first-order valence-corrected chi connectivity index (χ1v) is 8.04. The Balaban J connectivity index is 1.86. The molecular formula is C18H17N3O4. The van der Waals surface area contributed by atoms with Crippen molar-refractivity contribution < 1.29 is 9.53 Å². The second-order valence-electron chi connectivity index (χ2n) is 5.83. The summed E-state index contributed by atoms with van der Waals surface area (Å²) in [5.41, 5.74) is 0.000113. The quantitative estimate of drug-likeness (QED) is 0.761. The second kappa shape index (κ2) is 6.77. The van der Waals surface area contributed by atoms with Crippen molar-refractivity contribution in [2.75, 3.05) is 6.61 Å². The number of hydrogen-bond acceptors (Lipinski definition) is 5. The van der Waals surface area contributed by atoms with Gasteiger partial charge in [0.15, 0.2) is 5.78 Å². The molecule has 7 heteroatoms. The molecule has 0 spiro atoms. The van der Waals surface area contributed by atoms with Gasteiger partial charge in [0.25, 0.3) is 5.56 Å². The van der Waals surface area contributed by atoms with Gasteiger partial charge in [0.05, 0.1) is 12.1 Å². The number of aromatic nitrogens is 2. The lowest BCUT2D eigenvalue weighted by Gasteiger charge is -2.13. The molecule has 1 aromatic heterocycles. The van der Waals surface area contributed by atoms with Crippen molar-refractivity contribution in [3.8, 4) is 11.8 Å². The average Bonchev–Trinajstić information content (AvgIpc) is 3.08. The Morgan fingerprint density at radius 1 is 1.32 bits per heavy atom. The summed E-state index contributed by atoms with van der Waals surface area (Å²) in [5, 5.41) is 9.25. The van der Waals surface area contributed by atoms with Gasteiger partial charge in [-0.1, -0.05) is 12.1 Å². The molecule has 1 aromatic carbocycles. The summed E-state index contributed by atoms with van der Waals surface area (Å²) in [5.74, 6) is 0.280. The summed E-state index contributed by atoms with van der Waals surface area (Å²) in [6.45, 7) is 2.01. The molecule has 2 heterocycles. The number of para-hydroxylation sites is 1. The predicted molar refractivity (Wildman–Crippen MR) is 89.9 cm³/mol. The number of ketones is 1. The Hall–Kier alpha value is -3.14. The van der Waals surface area contributed by atoms with Crippen molar-refractivity contribution >= 4 is 5.78 Å². The van der Waals surface area contributed by atoms with Crippen LogP contribution in [0.25, 0.3) is 0 Å². The number of hydrogen-bond donors (Lipinski definition) is 0. The van der Waals surface area contributed by atoms with Gasteiger partial charge in [0.1, 0.15) is 24.0 Å². The molecule has 25 heavy (non-hydrogen) atoms. The molecule has 0 atom stereocenters. The molecule has 0 amide bonds. The molecule has 0 bridgehead atoms. The van der Waals surface area contributed by atoms with Crippen LogP contribution in [0.2, 0.25) is 0 Å². The highest BCUT2D eigenvalue weighted by molar-refractivity contribution is 5.96. The molecule has 0 saturated heterocycles. The van der Waals surface area contributed by atoms with E-state index >= 15 is 0 Å². The molecule has 2 aromatic rings. The van der Waals surface area contributed by atoms with Crippen LogP contribution in [0.15, 0.2) is 33.9 Å². The van der Waals surface area contributed by atoms with Crippen molar-refractivity contribution in [1.29, 1.82) is 5.26 Å². The normalized spacial score (nSPS) is 12.5. The second-order valence-corrected chi connectivity index (χ2v) is 5.83. The highest BCUT2D eigenvalue weighted by Crippen LogP contribution is 2.18. The van der Waals surface area contributed by atoms with Crippen LogP contribution in [0.1, 0.15) is 35.0 Å². The fourth-order valence-corrected chi connectivity index (χ4v) is 3.08. The van der Waals surface area contributed by atoms with Gasteiger partial charge in [-0.15, -0.1) is 0 Å². The van der Waals surface area contributed by atoms with Crippen molar-refractivity contribution in [1.82, 2.24) is 9.13 Å². The molecule has 128 valence electrons. The van der Waals surface area contributed by atoms with Gasteiger partial charge in [-0.3, -0.25) is 18.7 Å². The minimum atomic E-state index is -0.580. The maximum atomic E-state index is 12.5. The monoisotopic (exact) mass is 339 g/mol. The van der Waals surface area contributed by atoms with E-state index in [2.05, 4.69) is 0 Å². The molecule has 1 aliphatic rings. The molecule has 0 unspecified atom stereocenters. The third-order valence-corrected chi connectivity index (χ3v) is 4.28. The summed E-state index contributed by atoms with van der Waals surface area (Å²) >= 11 is 0. The minimum absolute atomic E-state index is 0.0128. The Labute approximate surface area is 143 Å². The molecule has 1 aliphatic heterocycles. The van der Waals surface area contributed by atoms with Crippen molar-refractivity contribution in [3.05, 3.63) is 61.9 Å². The van der Waals surface area contributed by atoms with Gasteiger partial charge < -0.3 is 4.74 Å². The minimum Gasteiger partial charge on any atom is -0.491 e. The summed E-state index contributed by atoms with van der Waals surface area (Å²) in [7, 11) is 0. The molecule has 0 N–H and O–H groups in total. The van der Waals surface area contributed by atoms with E-state index in [1.54, 1.807) is 24.3 Å². The average molecular weight is 339 g/mol. The third kappa shape index (κ3) is 2.98. The summed E-state index contributed by atoms with van der Waals surface area (Å²) < 4.78 is 8.11. The molecule has 7 nitrogen and oxygen atoms in total. The first-order chi connectivity index (χ1) is 12.0. The molecule has 0 saturated carbocycles. The first-order valence-electron chi connectivity index (χ1n) is 8.04. The van der Waals surface area contributed by atoms with E-state index in [4.69, 9.17) is 4.74 Å². The van der Waals surface area contributed by atoms with Crippen LogP contribution in [0, 0.1) is 11.3 Å². The van der Waals surface area contributed by atoms with Gasteiger partial charge in [0, 0.05) is 12.2 Å². The zero-order chi connectivity index (χ0) is 18.0. The molecule has 0 fully saturated rings. The van der Waals surface area contributed by atoms with Crippen LogP contribution in [-0.4, -0.2) is 21.5 Å². The maximum absolute atomic E-state index is 12.5. The molecule has 0 radical (unpaired) electrons.